The number of fused-ring (bicyclic) bond motifs is 2. The molecule has 2 unspecified atom stereocenters. The van der Waals surface area contributed by atoms with Gasteiger partial charge in [-0.3, -0.25) is 18.9 Å². The molecule has 0 amide bonds. The minimum Gasteiger partial charge on any atom is -0.370 e. The summed E-state index contributed by atoms with van der Waals surface area (Å²) in [5.74, 6) is -1.37. The second kappa shape index (κ2) is 8.79. The van der Waals surface area contributed by atoms with Crippen LogP contribution in [-0.4, -0.2) is 60.1 Å². The summed E-state index contributed by atoms with van der Waals surface area (Å²) in [4.78, 5) is 63.4. The molecule has 0 spiro atoms. The van der Waals surface area contributed by atoms with Crippen LogP contribution in [0.4, 0.5) is 4.39 Å². The summed E-state index contributed by atoms with van der Waals surface area (Å²) >= 11 is 0. The number of azide groups is 1. The quantitative estimate of drug-likeness (QED) is 0.113. The average Bonchev–Trinajstić information content (AvgIpc) is 3.13. The van der Waals surface area contributed by atoms with Crippen LogP contribution < -0.4 is 11.2 Å². The molecule has 2 aliphatic rings. The summed E-state index contributed by atoms with van der Waals surface area (Å²) in [6.45, 7) is -1.54. The fraction of sp³-hybridized carbons (Fsp3) is 0.600. The highest BCUT2D eigenvalue weighted by molar-refractivity contribution is 7.66. The van der Waals surface area contributed by atoms with Gasteiger partial charge in [-0.25, -0.2) is 18.5 Å². The summed E-state index contributed by atoms with van der Waals surface area (Å²) in [5, 5.41) is 3.41. The van der Waals surface area contributed by atoms with E-state index >= 15 is 0 Å². The van der Waals surface area contributed by atoms with Crippen molar-refractivity contribution in [2.45, 2.75) is 24.0 Å². The maximum Gasteiger partial charge on any atom is 0.490 e. The van der Waals surface area contributed by atoms with Crippen LogP contribution in [0.1, 0.15) is 6.23 Å². The Morgan fingerprint density at radius 2 is 1.94 bits per heavy atom. The highest BCUT2D eigenvalue weighted by Crippen LogP contribution is 2.66. The number of nitrogens with one attached hydrogen (secondary N) is 1. The van der Waals surface area contributed by atoms with Crippen LogP contribution in [0.2, 0.25) is 0 Å². The molecule has 19 nitrogen and oxygen atoms in total. The van der Waals surface area contributed by atoms with Crippen LogP contribution in [0.3, 0.4) is 0 Å². The molecule has 3 rings (SSSR count). The molecule has 0 radical (unpaired) electrons. The zero-order valence-electron chi connectivity index (χ0n) is 15.6. The summed E-state index contributed by atoms with van der Waals surface area (Å²) in [7, 11) is -17.0. The average molecular weight is 539 g/mol. The molecule has 6 atom stereocenters. The first kappa shape index (κ1) is 25.9. The maximum atomic E-state index is 13.7. The number of phosphoric ester groups is 1. The fourth-order valence-electron chi connectivity index (χ4n) is 3.11. The normalized spacial score (nSPS) is 30.4. The maximum absolute atomic E-state index is 13.7. The smallest absolute Gasteiger partial charge is 0.370 e. The Morgan fingerprint density at radius 1 is 1.27 bits per heavy atom. The van der Waals surface area contributed by atoms with E-state index in [0.29, 0.717) is 10.8 Å². The van der Waals surface area contributed by atoms with Crippen molar-refractivity contribution in [1.29, 1.82) is 0 Å². The van der Waals surface area contributed by atoms with Crippen LogP contribution in [-0.2, 0) is 36.3 Å². The van der Waals surface area contributed by atoms with Gasteiger partial charge in [-0.2, -0.15) is 13.0 Å². The van der Waals surface area contributed by atoms with E-state index in [1.165, 1.54) is 0 Å². The van der Waals surface area contributed by atoms with Crippen molar-refractivity contribution in [1.82, 2.24) is 9.55 Å². The van der Waals surface area contributed by atoms with Gasteiger partial charge in [-0.05, 0) is 5.53 Å². The Morgan fingerprint density at radius 3 is 2.55 bits per heavy atom. The summed E-state index contributed by atoms with van der Waals surface area (Å²) < 4.78 is 71.0. The predicted octanol–water partition coefficient (Wildman–Crippen LogP) is -0.636. The summed E-state index contributed by atoms with van der Waals surface area (Å²) in [5.41, 5.74) is 4.45. The van der Waals surface area contributed by atoms with Crippen molar-refractivity contribution in [2.24, 2.45) is 5.11 Å². The Balaban J connectivity index is 1.84. The van der Waals surface area contributed by atoms with Gasteiger partial charge in [0.1, 0.15) is 17.7 Å². The van der Waals surface area contributed by atoms with E-state index in [-0.39, 0.29) is 0 Å². The van der Waals surface area contributed by atoms with Crippen LogP contribution in [0.25, 0.3) is 10.4 Å². The van der Waals surface area contributed by atoms with Gasteiger partial charge in [0.2, 0.25) is 5.82 Å². The second-order valence-electron chi connectivity index (χ2n) is 6.51. The van der Waals surface area contributed by atoms with Crippen molar-refractivity contribution < 1.29 is 60.3 Å². The van der Waals surface area contributed by atoms with Gasteiger partial charge in [0.15, 0.2) is 6.23 Å². The van der Waals surface area contributed by atoms with Gasteiger partial charge in [0.05, 0.1) is 19.4 Å². The third-order valence-corrected chi connectivity index (χ3v) is 8.05. The molecule has 3 heterocycles. The molecule has 23 heteroatoms. The van der Waals surface area contributed by atoms with Crippen LogP contribution >= 0.6 is 23.5 Å². The van der Waals surface area contributed by atoms with E-state index in [0.717, 1.165) is 0 Å². The van der Waals surface area contributed by atoms with Crippen molar-refractivity contribution in [3.05, 3.63) is 43.3 Å². The lowest BCUT2D eigenvalue weighted by Gasteiger charge is -2.31. The van der Waals surface area contributed by atoms with Crippen LogP contribution in [0.15, 0.2) is 20.9 Å². The molecule has 2 bridgehead atoms. The van der Waals surface area contributed by atoms with E-state index in [2.05, 4.69) is 23.2 Å². The topological polar surface area (TPSA) is 282 Å². The molecule has 2 fully saturated rings. The Kier molecular flexibility index (Phi) is 6.89. The lowest BCUT2D eigenvalue weighted by molar-refractivity contribution is -0.184. The molecule has 5 N–H and O–H groups in total. The van der Waals surface area contributed by atoms with E-state index < -0.39 is 77.7 Å². The lowest BCUT2D eigenvalue weighted by Crippen LogP contribution is -2.45. The van der Waals surface area contributed by atoms with E-state index in [1.807, 2.05) is 0 Å². The number of hydrogen-bond acceptors (Lipinski definition) is 11. The third kappa shape index (κ3) is 5.67. The van der Waals surface area contributed by atoms with E-state index in [1.54, 1.807) is 4.98 Å². The van der Waals surface area contributed by atoms with E-state index in [4.69, 9.17) is 24.8 Å². The number of nitrogens with zero attached hydrogens (tertiary/aromatic N) is 4. The number of hydrogen-bond donors (Lipinski definition) is 5. The zero-order valence-corrected chi connectivity index (χ0v) is 18.3. The minimum absolute atomic E-state index is 0.478. The van der Waals surface area contributed by atoms with Gasteiger partial charge >= 0.3 is 29.2 Å². The van der Waals surface area contributed by atoms with Crippen molar-refractivity contribution in [3.8, 4) is 0 Å². The van der Waals surface area contributed by atoms with Crippen molar-refractivity contribution in [2.75, 3.05) is 13.2 Å². The second-order valence-corrected chi connectivity index (χ2v) is 10.9. The molecular weight excluding hydrogens is 526 g/mol. The molecule has 2 saturated heterocycles. The van der Waals surface area contributed by atoms with Crippen molar-refractivity contribution in [3.63, 3.8) is 0 Å². The van der Waals surface area contributed by atoms with Crippen LogP contribution in [0.5, 0.6) is 0 Å². The Labute approximate surface area is 179 Å². The molecule has 1 aromatic rings. The molecule has 2 aliphatic heterocycles. The first-order chi connectivity index (χ1) is 15.1. The SMILES string of the molecule is [N-]=[N+]=N[C@H]1[C@H]2OC[C@]1(COP(=O)(O)OP(=O)(O)OP(=O)(O)O)O[C@H]2n1cc(F)c(=O)[nH]c1=O. The molecule has 1 aromatic heterocycles. The molecule has 33 heavy (non-hydrogen) atoms. The molecular formula is C10H13FN5O14P3. The number of aromatic nitrogens is 2. The molecule has 0 aliphatic carbocycles. The number of aromatic amines is 1. The summed E-state index contributed by atoms with van der Waals surface area (Å²) in [6, 6.07) is -1.36. The van der Waals surface area contributed by atoms with Gasteiger partial charge < -0.3 is 29.0 Å². The third-order valence-electron chi connectivity index (χ3n) is 4.27. The highest BCUT2D eigenvalue weighted by Gasteiger charge is 2.63. The van der Waals surface area contributed by atoms with Crippen LogP contribution in [0, 0.1) is 5.82 Å². The van der Waals surface area contributed by atoms with Gasteiger partial charge in [0, 0.05) is 4.91 Å². The van der Waals surface area contributed by atoms with E-state index in [9.17, 15) is 37.5 Å². The first-order valence-corrected chi connectivity index (χ1v) is 12.7. The van der Waals surface area contributed by atoms with Gasteiger partial charge in [-0.1, -0.05) is 5.11 Å². The fourth-order valence-corrected chi connectivity index (χ4v) is 6.19. The summed E-state index contributed by atoms with van der Waals surface area (Å²) in [6.07, 6.45) is -2.30. The van der Waals surface area contributed by atoms with Gasteiger partial charge in [-0.15, -0.1) is 0 Å². The highest BCUT2D eigenvalue weighted by atomic mass is 31.3. The van der Waals surface area contributed by atoms with Crippen molar-refractivity contribution >= 4 is 23.5 Å². The Bertz CT molecular complexity index is 1250. The number of ether oxygens (including phenoxy) is 2. The standard InChI is InChI=1S/C10H13FN5O14P3/c11-4-1-16(9(18)13-7(4)17)8-5-6(14-15-12)10(28-8,2-26-5)3-27-32(22,23)30-33(24,25)29-31(19,20)21/h1,5-6,8H,2-3H2,(H,22,23)(H,24,25)(H,13,17,18)(H2,19,20,21)/t5-,6+,8-,10-/m1/s1. The first-order valence-electron chi connectivity index (χ1n) is 8.21. The lowest BCUT2D eigenvalue weighted by atomic mass is 9.98. The minimum atomic E-state index is -5.80. The number of H-pyrrole nitrogens is 1. The molecule has 0 aromatic carbocycles. The largest absolute Gasteiger partial charge is 0.490 e. The molecule has 184 valence electrons. The van der Waals surface area contributed by atoms with Gasteiger partial charge in [0.25, 0.3) is 5.56 Å². The number of phosphoric acid groups is 3. The number of halogens is 1. The monoisotopic (exact) mass is 539 g/mol. The number of rotatable bonds is 9. The predicted molar refractivity (Wildman–Crippen MR) is 96.6 cm³/mol. The Hall–Kier alpha value is -1.75. The molecule has 0 saturated carbocycles. The zero-order chi connectivity index (χ0) is 24.8.